The summed E-state index contributed by atoms with van der Waals surface area (Å²) in [5.74, 6) is -2.36. The summed E-state index contributed by atoms with van der Waals surface area (Å²) in [6.07, 6.45) is -0.655. The second-order valence-electron chi connectivity index (χ2n) is 8.56. The number of hydrogen-bond acceptors (Lipinski definition) is 7. The predicted octanol–water partition coefficient (Wildman–Crippen LogP) is 0.684. The van der Waals surface area contributed by atoms with E-state index in [9.17, 15) is 36.9 Å². The second kappa shape index (κ2) is 12.1. The normalized spacial score (nSPS) is 18.6. The van der Waals surface area contributed by atoms with E-state index in [1.807, 2.05) is 0 Å². The van der Waals surface area contributed by atoms with Gasteiger partial charge in [-0.3, -0.25) is 14.1 Å². The largest absolute Gasteiger partial charge is 0.445 e. The fourth-order valence-corrected chi connectivity index (χ4v) is 4.12. The van der Waals surface area contributed by atoms with Gasteiger partial charge in [0.1, 0.15) is 18.5 Å². The SMILES string of the molecule is CC(C)C[C@H](NC(=O)OCc1ccc(F)cc1)C(=O)N[C@@H](CC1CCNC1=O)C(O)S(=O)(=O)O. The van der Waals surface area contributed by atoms with Crippen molar-refractivity contribution in [3.05, 3.63) is 35.6 Å². The fourth-order valence-electron chi connectivity index (χ4n) is 3.53. The Hall–Kier alpha value is -2.77. The minimum absolute atomic E-state index is 0.0706. The molecule has 0 radical (unpaired) electrons. The standard InChI is InChI=1S/C21H30FN3O8S/c1-12(2)9-16(25-21(29)33-11-13-3-5-15(22)6-4-13)19(27)24-17(20(28)34(30,31)32)10-14-7-8-23-18(14)26/h3-6,12,14,16-17,20,28H,7-11H2,1-2H3,(H,23,26)(H,24,27)(H,25,29)(H,30,31,32)/t14?,16-,17-,20?/m0/s1. The summed E-state index contributed by atoms with van der Waals surface area (Å²) in [4.78, 5) is 37.1. The van der Waals surface area contributed by atoms with Crippen LogP contribution in [-0.4, -0.2) is 60.0 Å². The number of carbonyl (C=O) groups excluding carboxylic acids is 3. The molecule has 2 rings (SSSR count). The molecule has 1 aromatic carbocycles. The Morgan fingerprint density at radius 3 is 2.41 bits per heavy atom. The first kappa shape index (κ1) is 27.5. The molecule has 1 heterocycles. The van der Waals surface area contributed by atoms with Crippen LogP contribution in [0.1, 0.15) is 38.7 Å². The Kier molecular flexibility index (Phi) is 9.77. The summed E-state index contributed by atoms with van der Waals surface area (Å²) in [5, 5.41) is 17.4. The lowest BCUT2D eigenvalue weighted by atomic mass is 9.97. The van der Waals surface area contributed by atoms with Gasteiger partial charge in [0.05, 0.1) is 6.04 Å². The third kappa shape index (κ3) is 8.54. The lowest BCUT2D eigenvalue weighted by molar-refractivity contribution is -0.126. The topological polar surface area (TPSA) is 171 Å². The molecular formula is C21H30FN3O8S. The van der Waals surface area contributed by atoms with Crippen LogP contribution < -0.4 is 16.0 Å². The van der Waals surface area contributed by atoms with Crippen LogP contribution in [0.3, 0.4) is 0 Å². The van der Waals surface area contributed by atoms with Crippen molar-refractivity contribution in [1.29, 1.82) is 0 Å². The van der Waals surface area contributed by atoms with Gasteiger partial charge in [-0.1, -0.05) is 26.0 Å². The summed E-state index contributed by atoms with van der Waals surface area (Å²) in [6.45, 7) is 3.77. The van der Waals surface area contributed by atoms with Crippen LogP contribution in [0.15, 0.2) is 24.3 Å². The molecule has 5 N–H and O–H groups in total. The Labute approximate surface area is 197 Å². The van der Waals surface area contributed by atoms with E-state index in [0.29, 0.717) is 18.5 Å². The number of ether oxygens (including phenoxy) is 1. The number of nitrogens with one attached hydrogen (secondary N) is 3. The number of halogens is 1. The molecule has 0 aromatic heterocycles. The molecule has 2 unspecified atom stereocenters. The molecule has 0 spiro atoms. The summed E-state index contributed by atoms with van der Waals surface area (Å²) >= 11 is 0. The molecule has 0 aliphatic carbocycles. The highest BCUT2D eigenvalue weighted by atomic mass is 32.2. The number of aliphatic hydroxyl groups excluding tert-OH is 1. The molecule has 1 fully saturated rings. The number of amides is 3. The summed E-state index contributed by atoms with van der Waals surface area (Å²) < 4.78 is 50.4. The number of alkyl carbamates (subject to hydrolysis) is 1. The van der Waals surface area contributed by atoms with Crippen molar-refractivity contribution < 1.29 is 41.6 Å². The Morgan fingerprint density at radius 2 is 1.88 bits per heavy atom. The molecule has 3 amide bonds. The molecule has 0 saturated carbocycles. The molecular weight excluding hydrogens is 473 g/mol. The van der Waals surface area contributed by atoms with Gasteiger partial charge in [0, 0.05) is 12.5 Å². The molecule has 190 valence electrons. The summed E-state index contributed by atoms with van der Waals surface area (Å²) in [6, 6.07) is 2.62. The van der Waals surface area contributed by atoms with E-state index in [2.05, 4.69) is 16.0 Å². The maximum Gasteiger partial charge on any atom is 0.408 e. The maximum atomic E-state index is 13.0. The monoisotopic (exact) mass is 503 g/mol. The number of benzene rings is 1. The van der Waals surface area contributed by atoms with E-state index in [4.69, 9.17) is 4.74 Å². The van der Waals surface area contributed by atoms with Gasteiger partial charge in [-0.05, 0) is 42.9 Å². The van der Waals surface area contributed by atoms with E-state index in [-0.39, 0.29) is 31.3 Å². The Bertz CT molecular complexity index is 971. The third-order valence-electron chi connectivity index (χ3n) is 5.28. The number of hydrogen-bond donors (Lipinski definition) is 5. The lowest BCUT2D eigenvalue weighted by Gasteiger charge is -2.27. The average molecular weight is 504 g/mol. The molecule has 1 saturated heterocycles. The van der Waals surface area contributed by atoms with Crippen molar-refractivity contribution in [1.82, 2.24) is 16.0 Å². The molecule has 11 nitrogen and oxygen atoms in total. The van der Waals surface area contributed by atoms with E-state index in [0.717, 1.165) is 0 Å². The van der Waals surface area contributed by atoms with Crippen LogP contribution in [0.5, 0.6) is 0 Å². The zero-order valence-electron chi connectivity index (χ0n) is 18.9. The van der Waals surface area contributed by atoms with Gasteiger partial charge in [-0.15, -0.1) is 0 Å². The smallest absolute Gasteiger partial charge is 0.408 e. The van der Waals surface area contributed by atoms with Crippen molar-refractivity contribution >= 4 is 28.0 Å². The molecule has 4 atom stereocenters. The van der Waals surface area contributed by atoms with Gasteiger partial charge in [-0.25, -0.2) is 9.18 Å². The van der Waals surface area contributed by atoms with Gasteiger partial charge in [0.15, 0.2) is 0 Å². The maximum absolute atomic E-state index is 13.0. The van der Waals surface area contributed by atoms with Crippen LogP contribution in [0.4, 0.5) is 9.18 Å². The van der Waals surface area contributed by atoms with Crippen molar-refractivity contribution in [2.75, 3.05) is 6.54 Å². The average Bonchev–Trinajstić information content (AvgIpc) is 3.15. The quantitative estimate of drug-likeness (QED) is 0.274. The van der Waals surface area contributed by atoms with E-state index < -0.39 is 51.4 Å². The van der Waals surface area contributed by atoms with Crippen molar-refractivity contribution in [2.45, 2.75) is 57.2 Å². The van der Waals surface area contributed by atoms with Crippen LogP contribution in [-0.2, 0) is 31.1 Å². The van der Waals surface area contributed by atoms with Crippen molar-refractivity contribution in [3.63, 3.8) is 0 Å². The lowest BCUT2D eigenvalue weighted by Crippen LogP contribution is -2.54. The number of aliphatic hydroxyl groups is 1. The zero-order valence-corrected chi connectivity index (χ0v) is 19.7. The Morgan fingerprint density at radius 1 is 1.24 bits per heavy atom. The minimum atomic E-state index is -4.95. The van der Waals surface area contributed by atoms with E-state index >= 15 is 0 Å². The molecule has 1 aromatic rings. The molecule has 1 aliphatic rings. The number of carbonyl (C=O) groups is 3. The molecule has 34 heavy (non-hydrogen) atoms. The van der Waals surface area contributed by atoms with Crippen LogP contribution in [0, 0.1) is 17.7 Å². The summed E-state index contributed by atoms with van der Waals surface area (Å²) in [5.41, 5.74) is -1.84. The number of rotatable bonds is 11. The van der Waals surface area contributed by atoms with Gasteiger partial charge >= 0.3 is 6.09 Å². The minimum Gasteiger partial charge on any atom is -0.445 e. The zero-order chi connectivity index (χ0) is 25.5. The van der Waals surface area contributed by atoms with Crippen LogP contribution in [0.25, 0.3) is 0 Å². The van der Waals surface area contributed by atoms with Gasteiger partial charge in [0.25, 0.3) is 10.1 Å². The van der Waals surface area contributed by atoms with Crippen molar-refractivity contribution in [2.24, 2.45) is 11.8 Å². The molecule has 1 aliphatic heterocycles. The molecule has 0 bridgehead atoms. The Balaban J connectivity index is 2.07. The highest BCUT2D eigenvalue weighted by Crippen LogP contribution is 2.20. The molecule has 13 heteroatoms. The first-order valence-electron chi connectivity index (χ1n) is 10.8. The fraction of sp³-hybridized carbons (Fsp3) is 0.571. The van der Waals surface area contributed by atoms with E-state index in [1.165, 1.54) is 24.3 Å². The van der Waals surface area contributed by atoms with Gasteiger partial charge in [0.2, 0.25) is 17.3 Å². The second-order valence-corrected chi connectivity index (χ2v) is 10.1. The van der Waals surface area contributed by atoms with Crippen molar-refractivity contribution in [3.8, 4) is 0 Å². The first-order chi connectivity index (χ1) is 15.9. The first-order valence-corrected chi connectivity index (χ1v) is 12.3. The van der Waals surface area contributed by atoms with Gasteiger partial charge in [-0.2, -0.15) is 8.42 Å². The van der Waals surface area contributed by atoms with Crippen LogP contribution in [0.2, 0.25) is 0 Å². The van der Waals surface area contributed by atoms with Gasteiger partial charge < -0.3 is 25.8 Å². The highest BCUT2D eigenvalue weighted by Gasteiger charge is 2.37. The van der Waals surface area contributed by atoms with E-state index in [1.54, 1.807) is 13.8 Å². The summed E-state index contributed by atoms with van der Waals surface area (Å²) in [7, 11) is -4.95. The highest BCUT2D eigenvalue weighted by molar-refractivity contribution is 7.86. The van der Waals surface area contributed by atoms with Crippen LogP contribution >= 0.6 is 0 Å². The third-order valence-corrected chi connectivity index (χ3v) is 6.22. The predicted molar refractivity (Wildman–Crippen MR) is 118 cm³/mol.